The number of carbonyl (C=O) groups is 4. The van der Waals surface area contributed by atoms with Gasteiger partial charge in [0.2, 0.25) is 11.6 Å². The van der Waals surface area contributed by atoms with Gasteiger partial charge in [-0.1, -0.05) is 46.6 Å². The Hall–Kier alpha value is -2.42. The number of alkyl halides is 1. The third-order valence-corrected chi connectivity index (χ3v) is 10.6. The van der Waals surface area contributed by atoms with Crippen LogP contribution in [0.5, 0.6) is 0 Å². The molecule has 0 aromatic rings. The molecule has 0 heterocycles. The molecule has 222 valence electrons. The highest BCUT2D eigenvalue weighted by Gasteiger charge is 2.77. The van der Waals surface area contributed by atoms with Crippen LogP contribution in [0.4, 0.5) is 8.78 Å². The van der Waals surface area contributed by atoms with Crippen molar-refractivity contribution in [3.63, 3.8) is 0 Å². The highest BCUT2D eigenvalue weighted by atomic mass is 19.1. The van der Waals surface area contributed by atoms with Crippen molar-refractivity contribution in [2.45, 2.75) is 110 Å². The number of aliphatic hydroxyl groups excluding tert-OH is 1. The zero-order chi connectivity index (χ0) is 29.7. The van der Waals surface area contributed by atoms with Crippen LogP contribution in [0, 0.1) is 28.6 Å². The Labute approximate surface area is 234 Å². The Morgan fingerprint density at radius 1 is 1.12 bits per heavy atom. The summed E-state index contributed by atoms with van der Waals surface area (Å²) in [4.78, 5) is 51.2. The number of ether oxygens (including phenoxy) is 2. The van der Waals surface area contributed by atoms with E-state index in [-0.39, 0.29) is 37.7 Å². The van der Waals surface area contributed by atoms with E-state index in [1.54, 1.807) is 20.8 Å². The van der Waals surface area contributed by atoms with Crippen LogP contribution in [-0.2, 0) is 28.7 Å². The van der Waals surface area contributed by atoms with E-state index >= 15 is 4.39 Å². The highest BCUT2D eigenvalue weighted by Crippen LogP contribution is 2.71. The average Bonchev–Trinajstić information content (AvgIpc) is 3.12. The Morgan fingerprint density at radius 2 is 1.82 bits per heavy atom. The van der Waals surface area contributed by atoms with Gasteiger partial charge in [0.15, 0.2) is 23.7 Å². The van der Waals surface area contributed by atoms with E-state index in [1.165, 1.54) is 13.0 Å². The number of carbonyl (C=O) groups excluding carboxylic acids is 4. The topological polar surface area (TPSA) is 107 Å². The smallest absolute Gasteiger partial charge is 0.306 e. The van der Waals surface area contributed by atoms with E-state index in [0.29, 0.717) is 12.8 Å². The van der Waals surface area contributed by atoms with Crippen LogP contribution in [0.15, 0.2) is 23.6 Å². The third-order valence-electron chi connectivity index (χ3n) is 10.6. The minimum atomic E-state index is -2.31. The number of ketones is 2. The first kappa shape index (κ1) is 30.5. The number of hydrogen-bond acceptors (Lipinski definition) is 7. The lowest BCUT2D eigenvalue weighted by atomic mass is 9.44. The molecule has 0 radical (unpaired) electrons. The van der Waals surface area contributed by atoms with E-state index in [0.717, 1.165) is 18.9 Å². The van der Waals surface area contributed by atoms with Crippen LogP contribution in [0.2, 0.25) is 0 Å². The number of fused-ring (bicyclic) bond motifs is 5. The van der Waals surface area contributed by atoms with E-state index in [4.69, 9.17) is 9.47 Å². The normalized spacial score (nSPS) is 40.2. The van der Waals surface area contributed by atoms with E-state index in [2.05, 4.69) is 0 Å². The fourth-order valence-electron chi connectivity index (χ4n) is 8.58. The SMILES string of the molecule is CCCCCC(=O)O[C@]1(C(=O)COC(=O)CC)[C@@H](C)C[C@H]2[C@@H]3CCC4=C(F)C(=O)C=C[C@]4(C)[C@@]3(F)[C@@H](O)C[C@@]21C. The van der Waals surface area contributed by atoms with Crippen LogP contribution < -0.4 is 0 Å². The Kier molecular flexibility index (Phi) is 8.22. The number of esters is 2. The summed E-state index contributed by atoms with van der Waals surface area (Å²) in [5.74, 6) is -5.33. The number of hydrogen-bond donors (Lipinski definition) is 1. The van der Waals surface area contributed by atoms with Crippen molar-refractivity contribution in [3.05, 3.63) is 23.6 Å². The number of Topliss-reactive ketones (excluding diaryl/α,β-unsaturated/α-hetero) is 1. The molecule has 0 amide bonds. The fourth-order valence-corrected chi connectivity index (χ4v) is 8.58. The van der Waals surface area contributed by atoms with Gasteiger partial charge in [-0.15, -0.1) is 0 Å². The maximum absolute atomic E-state index is 17.5. The summed E-state index contributed by atoms with van der Waals surface area (Å²) in [5.41, 5.74) is -6.70. The Balaban J connectivity index is 1.78. The van der Waals surface area contributed by atoms with E-state index in [9.17, 15) is 28.7 Å². The number of allylic oxidation sites excluding steroid dienone is 4. The van der Waals surface area contributed by atoms with Crippen molar-refractivity contribution in [1.82, 2.24) is 0 Å². The van der Waals surface area contributed by atoms with Crippen molar-refractivity contribution >= 4 is 23.5 Å². The molecule has 1 N–H and O–H groups in total. The van der Waals surface area contributed by atoms with Crippen LogP contribution in [0.3, 0.4) is 0 Å². The fraction of sp³-hybridized carbons (Fsp3) is 0.742. The molecule has 0 bridgehead atoms. The third kappa shape index (κ3) is 4.21. The number of rotatable bonds is 9. The maximum atomic E-state index is 17.5. The molecular weight excluding hydrogens is 522 g/mol. The summed E-state index contributed by atoms with van der Waals surface area (Å²) >= 11 is 0. The summed E-state index contributed by atoms with van der Waals surface area (Å²) < 4.78 is 43.8. The zero-order valence-electron chi connectivity index (χ0n) is 24.2. The van der Waals surface area contributed by atoms with Crippen molar-refractivity contribution in [1.29, 1.82) is 0 Å². The lowest BCUT2D eigenvalue weighted by Gasteiger charge is -2.62. The lowest BCUT2D eigenvalue weighted by molar-refractivity contribution is -0.229. The number of halogens is 2. The lowest BCUT2D eigenvalue weighted by Crippen LogP contribution is -2.70. The van der Waals surface area contributed by atoms with Gasteiger partial charge in [-0.25, -0.2) is 8.78 Å². The quantitative estimate of drug-likeness (QED) is 0.300. The minimum Gasteiger partial charge on any atom is -0.457 e. The summed E-state index contributed by atoms with van der Waals surface area (Å²) in [6.45, 7) is 8.08. The molecule has 0 saturated heterocycles. The molecule has 40 heavy (non-hydrogen) atoms. The van der Waals surface area contributed by atoms with Gasteiger partial charge < -0.3 is 14.6 Å². The Bertz CT molecular complexity index is 1150. The summed E-state index contributed by atoms with van der Waals surface area (Å²) in [6, 6.07) is 0. The van der Waals surface area contributed by atoms with Gasteiger partial charge in [0.1, 0.15) is 0 Å². The van der Waals surface area contributed by atoms with Gasteiger partial charge in [0.25, 0.3) is 0 Å². The van der Waals surface area contributed by atoms with Crippen molar-refractivity contribution in [3.8, 4) is 0 Å². The first-order valence-corrected chi connectivity index (χ1v) is 14.6. The second kappa shape index (κ2) is 10.8. The highest BCUT2D eigenvalue weighted by molar-refractivity contribution is 6.04. The predicted molar refractivity (Wildman–Crippen MR) is 142 cm³/mol. The second-order valence-corrected chi connectivity index (χ2v) is 12.6. The second-order valence-electron chi connectivity index (χ2n) is 12.6. The van der Waals surface area contributed by atoms with Gasteiger partial charge in [0.05, 0.1) is 6.10 Å². The van der Waals surface area contributed by atoms with Crippen molar-refractivity contribution < 1.29 is 42.5 Å². The molecule has 8 atom stereocenters. The van der Waals surface area contributed by atoms with Crippen LogP contribution in [-0.4, -0.2) is 52.6 Å². The molecule has 4 rings (SSSR count). The van der Waals surface area contributed by atoms with Crippen molar-refractivity contribution in [2.75, 3.05) is 6.61 Å². The summed E-state index contributed by atoms with van der Waals surface area (Å²) in [5, 5.41) is 11.6. The Morgan fingerprint density at radius 3 is 2.48 bits per heavy atom. The van der Waals surface area contributed by atoms with Crippen LogP contribution >= 0.6 is 0 Å². The summed E-state index contributed by atoms with van der Waals surface area (Å²) in [6.07, 6.45) is 3.64. The van der Waals surface area contributed by atoms with Crippen molar-refractivity contribution in [2.24, 2.45) is 28.6 Å². The molecule has 4 aliphatic rings. The van der Waals surface area contributed by atoms with Gasteiger partial charge in [-0.3, -0.25) is 19.2 Å². The van der Waals surface area contributed by atoms with Gasteiger partial charge >= 0.3 is 11.9 Å². The van der Waals surface area contributed by atoms with Gasteiger partial charge in [-0.05, 0) is 56.6 Å². The van der Waals surface area contributed by atoms with E-state index < -0.39 is 81.9 Å². The minimum absolute atomic E-state index is 0.0589. The largest absolute Gasteiger partial charge is 0.457 e. The molecule has 0 aromatic carbocycles. The monoisotopic (exact) mass is 564 g/mol. The molecular formula is C31H42F2O7. The molecule has 4 aliphatic carbocycles. The van der Waals surface area contributed by atoms with Crippen LogP contribution in [0.1, 0.15) is 92.4 Å². The maximum Gasteiger partial charge on any atom is 0.306 e. The van der Waals surface area contributed by atoms with Gasteiger partial charge in [-0.2, -0.15) is 0 Å². The zero-order valence-corrected chi connectivity index (χ0v) is 24.2. The summed E-state index contributed by atoms with van der Waals surface area (Å²) in [7, 11) is 0. The molecule has 9 heteroatoms. The molecule has 0 aromatic heterocycles. The number of unbranched alkanes of at least 4 members (excludes halogenated alkanes) is 2. The molecule has 3 saturated carbocycles. The molecule has 0 aliphatic heterocycles. The molecule has 3 fully saturated rings. The standard InChI is InChI=1S/C31H42F2O7/c1-6-8-9-10-26(38)40-31(24(36)17-39-25(37)7-2)18(3)15-21-19-11-12-20-27(32)22(34)13-14-28(20,4)30(19,33)23(35)16-29(21,31)5/h13-14,18-19,21,23,35H,6-12,15-17H2,1-5H3/t18-,19-,21-,23-,28-,29-,30-,31-/m0/s1. The predicted octanol–water partition coefficient (Wildman–Crippen LogP) is 5.29. The molecule has 0 unspecified atom stereocenters. The van der Waals surface area contributed by atoms with Gasteiger partial charge in [0, 0.05) is 35.5 Å². The first-order chi connectivity index (χ1) is 18.7. The van der Waals surface area contributed by atoms with Crippen LogP contribution in [0.25, 0.3) is 0 Å². The molecule has 7 nitrogen and oxygen atoms in total. The number of aliphatic hydroxyl groups is 1. The first-order valence-electron chi connectivity index (χ1n) is 14.6. The van der Waals surface area contributed by atoms with E-state index in [1.807, 2.05) is 6.92 Å². The average molecular weight is 565 g/mol. The molecule has 0 spiro atoms.